The lowest BCUT2D eigenvalue weighted by molar-refractivity contribution is -0.114. The van der Waals surface area contributed by atoms with Crippen LogP contribution >= 0.6 is 11.3 Å². The van der Waals surface area contributed by atoms with Crippen LogP contribution in [0.15, 0.2) is 61.2 Å². The van der Waals surface area contributed by atoms with Crippen LogP contribution in [0.25, 0.3) is 16.3 Å². The molecule has 0 saturated heterocycles. The van der Waals surface area contributed by atoms with E-state index in [0.717, 1.165) is 46.0 Å². The van der Waals surface area contributed by atoms with Crippen LogP contribution in [0, 0.1) is 0 Å². The number of carbonyl (C=O) groups excluding carboxylic acids is 1. The van der Waals surface area contributed by atoms with E-state index < -0.39 is 0 Å². The lowest BCUT2D eigenvalue weighted by atomic mass is 10.1. The van der Waals surface area contributed by atoms with Crippen LogP contribution in [-0.4, -0.2) is 33.8 Å². The van der Waals surface area contributed by atoms with Crippen molar-refractivity contribution in [2.45, 2.75) is 26.3 Å². The van der Waals surface area contributed by atoms with Gasteiger partial charge in [-0.05, 0) is 48.2 Å². The Balaban J connectivity index is 1.39. The topological polar surface area (TPSA) is 69.5 Å². The van der Waals surface area contributed by atoms with Crippen LogP contribution in [0.1, 0.15) is 24.5 Å². The normalized spacial score (nSPS) is 12.6. The number of anilines is 1. The Bertz CT molecular complexity index is 1300. The van der Waals surface area contributed by atoms with Gasteiger partial charge in [0.25, 0.3) is 5.91 Å². The van der Waals surface area contributed by atoms with Crippen LogP contribution in [0.5, 0.6) is 11.5 Å². The third-order valence-electron chi connectivity index (χ3n) is 5.54. The number of hydrogen-bond acceptors (Lipinski definition) is 6. The van der Waals surface area contributed by atoms with Gasteiger partial charge in [0, 0.05) is 31.6 Å². The molecule has 0 spiro atoms. The van der Waals surface area contributed by atoms with Gasteiger partial charge >= 0.3 is 0 Å². The van der Waals surface area contributed by atoms with Crippen molar-refractivity contribution in [1.29, 1.82) is 0 Å². The van der Waals surface area contributed by atoms with Gasteiger partial charge in [-0.1, -0.05) is 36.5 Å². The fourth-order valence-electron chi connectivity index (χ4n) is 3.80. The number of imidazole rings is 1. The maximum Gasteiger partial charge on any atom is 0.252 e. The Labute approximate surface area is 195 Å². The smallest absolute Gasteiger partial charge is 0.252 e. The van der Waals surface area contributed by atoms with Gasteiger partial charge in [0.15, 0.2) is 16.6 Å². The first-order chi connectivity index (χ1) is 16.2. The second-order valence-electron chi connectivity index (χ2n) is 7.70. The number of aromatic nitrogens is 3. The van der Waals surface area contributed by atoms with Crippen LogP contribution in [0.4, 0.5) is 5.13 Å². The number of rotatable bonds is 8. The maximum atomic E-state index is 13.3. The first kappa shape index (κ1) is 21.2. The zero-order chi connectivity index (χ0) is 22.6. The summed E-state index contributed by atoms with van der Waals surface area (Å²) in [4.78, 5) is 24.0. The van der Waals surface area contributed by atoms with E-state index in [0.29, 0.717) is 12.3 Å². The summed E-state index contributed by atoms with van der Waals surface area (Å²) in [6.45, 7) is 3.68. The Morgan fingerprint density at radius 2 is 2.15 bits per heavy atom. The Morgan fingerprint density at radius 3 is 3.00 bits per heavy atom. The van der Waals surface area contributed by atoms with Crippen molar-refractivity contribution >= 4 is 38.7 Å². The molecule has 3 heterocycles. The minimum Gasteiger partial charge on any atom is -0.454 e. The highest BCUT2D eigenvalue weighted by Crippen LogP contribution is 2.33. The Kier molecular flexibility index (Phi) is 6.08. The molecular weight excluding hydrogens is 436 g/mol. The molecule has 168 valence electrons. The Morgan fingerprint density at radius 1 is 1.24 bits per heavy atom. The van der Waals surface area contributed by atoms with Crippen molar-refractivity contribution in [3.8, 4) is 11.5 Å². The Hall–Kier alpha value is -3.65. The highest BCUT2D eigenvalue weighted by molar-refractivity contribution is 7.22. The molecule has 1 aliphatic rings. The number of benzene rings is 2. The molecule has 1 aliphatic heterocycles. The molecule has 4 aromatic rings. The van der Waals surface area contributed by atoms with Crippen LogP contribution in [0.2, 0.25) is 0 Å². The largest absolute Gasteiger partial charge is 0.454 e. The fourth-order valence-corrected chi connectivity index (χ4v) is 4.84. The lowest BCUT2D eigenvalue weighted by Crippen LogP contribution is -2.30. The van der Waals surface area contributed by atoms with Gasteiger partial charge < -0.3 is 14.0 Å². The van der Waals surface area contributed by atoms with Gasteiger partial charge in [-0.3, -0.25) is 9.69 Å². The molecule has 0 unspecified atom stereocenters. The van der Waals surface area contributed by atoms with Crippen molar-refractivity contribution in [2.24, 2.45) is 0 Å². The fraction of sp³-hybridized carbons (Fsp3) is 0.240. The van der Waals surface area contributed by atoms with E-state index in [2.05, 4.69) is 24.0 Å². The average molecular weight is 461 g/mol. The molecule has 2 aromatic heterocycles. The van der Waals surface area contributed by atoms with E-state index in [1.807, 2.05) is 35.0 Å². The summed E-state index contributed by atoms with van der Waals surface area (Å²) in [5, 5.41) is 0.719. The number of hydrogen-bond donors (Lipinski definition) is 0. The molecule has 0 saturated carbocycles. The average Bonchev–Trinajstić information content (AvgIpc) is 3.60. The van der Waals surface area contributed by atoms with E-state index in [1.165, 1.54) is 5.56 Å². The molecule has 8 heteroatoms. The van der Waals surface area contributed by atoms with Gasteiger partial charge in [-0.25, -0.2) is 9.97 Å². The molecule has 2 aromatic carbocycles. The lowest BCUT2D eigenvalue weighted by Gasteiger charge is -2.18. The molecule has 1 amide bonds. The van der Waals surface area contributed by atoms with Crippen molar-refractivity contribution in [1.82, 2.24) is 14.5 Å². The second-order valence-corrected chi connectivity index (χ2v) is 8.71. The van der Waals surface area contributed by atoms with E-state index in [9.17, 15) is 4.79 Å². The molecule has 0 bridgehead atoms. The van der Waals surface area contributed by atoms with Crippen molar-refractivity contribution in [2.75, 3.05) is 18.2 Å². The number of ether oxygens (including phenoxy) is 2. The van der Waals surface area contributed by atoms with E-state index in [4.69, 9.17) is 14.5 Å². The SMILES string of the molecule is CCc1cccc2sc(N(CCCn3ccnc3)C(=O)/C=C/c3ccc4c(c3)OCO4)nc12. The highest BCUT2D eigenvalue weighted by Gasteiger charge is 2.19. The van der Waals surface area contributed by atoms with Gasteiger partial charge in [-0.15, -0.1) is 0 Å². The monoisotopic (exact) mass is 460 g/mol. The minimum atomic E-state index is -0.101. The quantitative estimate of drug-likeness (QED) is 0.349. The van der Waals surface area contributed by atoms with Gasteiger partial charge in [0.2, 0.25) is 6.79 Å². The summed E-state index contributed by atoms with van der Waals surface area (Å²) in [7, 11) is 0. The molecule has 0 atom stereocenters. The van der Waals surface area contributed by atoms with Gasteiger partial charge in [0.1, 0.15) is 0 Å². The molecule has 0 aliphatic carbocycles. The zero-order valence-electron chi connectivity index (χ0n) is 18.3. The molecule has 5 rings (SSSR count). The summed E-state index contributed by atoms with van der Waals surface area (Å²) in [5.74, 6) is 1.32. The third kappa shape index (κ3) is 4.61. The first-order valence-electron chi connectivity index (χ1n) is 10.9. The number of carbonyl (C=O) groups is 1. The van der Waals surface area contributed by atoms with Crippen LogP contribution in [0.3, 0.4) is 0 Å². The van der Waals surface area contributed by atoms with E-state index in [1.54, 1.807) is 40.9 Å². The number of nitrogens with zero attached hydrogens (tertiary/aromatic N) is 4. The van der Waals surface area contributed by atoms with Crippen molar-refractivity contribution < 1.29 is 14.3 Å². The number of para-hydroxylation sites is 1. The summed E-state index contributed by atoms with van der Waals surface area (Å²) < 4.78 is 13.9. The van der Waals surface area contributed by atoms with Crippen molar-refractivity contribution in [3.63, 3.8) is 0 Å². The summed E-state index contributed by atoms with van der Waals surface area (Å²) in [6.07, 6.45) is 10.6. The summed E-state index contributed by atoms with van der Waals surface area (Å²) in [6, 6.07) is 11.8. The summed E-state index contributed by atoms with van der Waals surface area (Å²) >= 11 is 1.55. The zero-order valence-corrected chi connectivity index (χ0v) is 19.1. The molecular formula is C25H24N4O3S. The third-order valence-corrected chi connectivity index (χ3v) is 6.58. The molecule has 7 nitrogen and oxygen atoms in total. The van der Waals surface area contributed by atoms with Gasteiger partial charge in [-0.2, -0.15) is 0 Å². The van der Waals surface area contributed by atoms with Gasteiger partial charge in [0.05, 0.1) is 16.5 Å². The van der Waals surface area contributed by atoms with Crippen LogP contribution < -0.4 is 14.4 Å². The predicted octanol–water partition coefficient (Wildman–Crippen LogP) is 4.92. The highest BCUT2D eigenvalue weighted by atomic mass is 32.1. The molecule has 0 radical (unpaired) electrons. The second kappa shape index (κ2) is 9.46. The predicted molar refractivity (Wildman–Crippen MR) is 130 cm³/mol. The standard InChI is InChI=1S/C25H24N4O3S/c1-2-19-5-3-6-22-24(19)27-25(33-22)29(13-4-12-28-14-11-26-16-28)23(30)10-8-18-7-9-20-21(15-18)32-17-31-20/h3,5-11,14-16H,2,4,12-13,17H2,1H3/b10-8+. The molecule has 33 heavy (non-hydrogen) atoms. The number of aryl methyl sites for hydroxylation is 2. The van der Waals surface area contributed by atoms with E-state index in [-0.39, 0.29) is 12.7 Å². The van der Waals surface area contributed by atoms with E-state index >= 15 is 0 Å². The first-order valence-corrected chi connectivity index (χ1v) is 11.8. The number of amides is 1. The number of thiazole rings is 1. The molecule has 0 N–H and O–H groups in total. The summed E-state index contributed by atoms with van der Waals surface area (Å²) in [5.41, 5.74) is 3.05. The molecule has 0 fully saturated rings. The van der Waals surface area contributed by atoms with Crippen LogP contribution in [-0.2, 0) is 17.8 Å². The minimum absolute atomic E-state index is 0.101. The maximum absolute atomic E-state index is 13.3. The number of fused-ring (bicyclic) bond motifs is 2. The van der Waals surface area contributed by atoms with Crippen molar-refractivity contribution in [3.05, 3.63) is 72.3 Å².